The summed E-state index contributed by atoms with van der Waals surface area (Å²) >= 11 is 0. The summed E-state index contributed by atoms with van der Waals surface area (Å²) < 4.78 is 16.7. The number of ether oxygens (including phenoxy) is 3. The standard InChI is InChI=1S/C16H23NO3/c1-6-11(2)20-13-8-15-14(18-10-19-15)7-12(13)9-17-16(3,4)5/h6-8,11,17H,1,9-10H2,2-5H3. The normalized spacial score (nSPS) is 15.0. The minimum atomic E-state index is -0.0521. The molecule has 1 unspecified atom stereocenters. The van der Waals surface area contributed by atoms with E-state index < -0.39 is 0 Å². The molecule has 0 fully saturated rings. The summed E-state index contributed by atoms with van der Waals surface area (Å²) in [5.74, 6) is 2.31. The van der Waals surface area contributed by atoms with Gasteiger partial charge in [-0.15, -0.1) is 0 Å². The zero-order valence-corrected chi connectivity index (χ0v) is 12.7. The van der Waals surface area contributed by atoms with Gasteiger partial charge in [0.1, 0.15) is 11.9 Å². The molecule has 1 aliphatic heterocycles. The Morgan fingerprint density at radius 1 is 1.35 bits per heavy atom. The number of hydrogen-bond acceptors (Lipinski definition) is 4. The summed E-state index contributed by atoms with van der Waals surface area (Å²) in [6.07, 6.45) is 1.72. The van der Waals surface area contributed by atoms with Crippen LogP contribution in [0.15, 0.2) is 24.8 Å². The summed E-state index contributed by atoms with van der Waals surface area (Å²) in [5.41, 5.74) is 1.09. The largest absolute Gasteiger partial charge is 0.486 e. The van der Waals surface area contributed by atoms with Crippen LogP contribution < -0.4 is 19.5 Å². The molecule has 1 atom stereocenters. The molecule has 0 bridgehead atoms. The average Bonchev–Trinajstić information content (AvgIpc) is 2.81. The fourth-order valence-corrected chi connectivity index (χ4v) is 1.82. The Morgan fingerprint density at radius 2 is 2.00 bits per heavy atom. The van der Waals surface area contributed by atoms with Gasteiger partial charge in [-0.3, -0.25) is 0 Å². The highest BCUT2D eigenvalue weighted by atomic mass is 16.7. The molecule has 0 spiro atoms. The molecule has 2 rings (SSSR count). The highest BCUT2D eigenvalue weighted by Gasteiger charge is 2.20. The van der Waals surface area contributed by atoms with E-state index in [2.05, 4.69) is 32.7 Å². The van der Waals surface area contributed by atoms with E-state index in [9.17, 15) is 0 Å². The molecule has 1 heterocycles. The van der Waals surface area contributed by atoms with Crippen molar-refractivity contribution in [3.63, 3.8) is 0 Å². The molecule has 1 aliphatic rings. The molecule has 4 heteroatoms. The third-order valence-corrected chi connectivity index (χ3v) is 3.01. The molecule has 110 valence electrons. The van der Waals surface area contributed by atoms with Crippen LogP contribution in [0.2, 0.25) is 0 Å². The molecule has 1 aromatic rings. The molecule has 20 heavy (non-hydrogen) atoms. The van der Waals surface area contributed by atoms with Gasteiger partial charge in [-0.05, 0) is 33.8 Å². The zero-order chi connectivity index (χ0) is 14.8. The highest BCUT2D eigenvalue weighted by molar-refractivity contribution is 5.52. The first-order valence-electron chi connectivity index (χ1n) is 6.86. The molecule has 0 radical (unpaired) electrons. The van der Waals surface area contributed by atoms with Crippen molar-refractivity contribution in [1.29, 1.82) is 0 Å². The van der Waals surface area contributed by atoms with E-state index in [1.807, 2.05) is 19.1 Å². The van der Waals surface area contributed by atoms with Gasteiger partial charge >= 0.3 is 0 Å². The molecular weight excluding hydrogens is 254 g/mol. The van der Waals surface area contributed by atoms with Crippen molar-refractivity contribution in [3.05, 3.63) is 30.4 Å². The predicted molar refractivity (Wildman–Crippen MR) is 79.4 cm³/mol. The van der Waals surface area contributed by atoms with Crippen molar-refractivity contribution in [3.8, 4) is 17.2 Å². The fourth-order valence-electron chi connectivity index (χ4n) is 1.82. The highest BCUT2D eigenvalue weighted by Crippen LogP contribution is 2.38. The van der Waals surface area contributed by atoms with Crippen LogP contribution >= 0.6 is 0 Å². The Labute approximate surface area is 120 Å². The van der Waals surface area contributed by atoms with Gasteiger partial charge in [-0.2, -0.15) is 0 Å². The first kappa shape index (κ1) is 14.7. The SMILES string of the molecule is C=CC(C)Oc1cc2c(cc1CNC(C)(C)C)OCO2. The molecule has 0 amide bonds. The Morgan fingerprint density at radius 3 is 2.60 bits per heavy atom. The van der Waals surface area contributed by atoms with Gasteiger partial charge in [0.15, 0.2) is 11.5 Å². The lowest BCUT2D eigenvalue weighted by atomic mass is 10.1. The third kappa shape index (κ3) is 3.67. The van der Waals surface area contributed by atoms with Crippen LogP contribution in [0.4, 0.5) is 0 Å². The summed E-state index contributed by atoms with van der Waals surface area (Å²) in [7, 11) is 0. The van der Waals surface area contributed by atoms with Crippen molar-refractivity contribution in [2.24, 2.45) is 0 Å². The zero-order valence-electron chi connectivity index (χ0n) is 12.7. The summed E-state index contributed by atoms with van der Waals surface area (Å²) in [6.45, 7) is 13.1. The summed E-state index contributed by atoms with van der Waals surface area (Å²) in [4.78, 5) is 0. The smallest absolute Gasteiger partial charge is 0.231 e. The molecule has 0 aliphatic carbocycles. The Kier molecular flexibility index (Phi) is 4.23. The van der Waals surface area contributed by atoms with Gasteiger partial charge in [0.05, 0.1) is 0 Å². The molecular formula is C16H23NO3. The van der Waals surface area contributed by atoms with E-state index in [1.165, 1.54) is 0 Å². The van der Waals surface area contributed by atoms with Gasteiger partial charge in [-0.25, -0.2) is 0 Å². The van der Waals surface area contributed by atoms with E-state index in [0.717, 1.165) is 22.8 Å². The molecule has 4 nitrogen and oxygen atoms in total. The van der Waals surface area contributed by atoms with Gasteiger partial charge in [0, 0.05) is 23.7 Å². The second-order valence-corrected chi connectivity index (χ2v) is 5.98. The number of nitrogens with one attached hydrogen (secondary N) is 1. The molecule has 0 saturated carbocycles. The van der Waals surface area contributed by atoms with E-state index in [4.69, 9.17) is 14.2 Å². The Bertz CT molecular complexity index is 491. The maximum absolute atomic E-state index is 5.89. The minimum absolute atomic E-state index is 0.0394. The lowest BCUT2D eigenvalue weighted by Crippen LogP contribution is -2.35. The van der Waals surface area contributed by atoms with Crippen molar-refractivity contribution in [2.75, 3.05) is 6.79 Å². The summed E-state index contributed by atoms with van der Waals surface area (Å²) in [6, 6.07) is 3.87. The van der Waals surface area contributed by atoms with Crippen LogP contribution in [0.3, 0.4) is 0 Å². The predicted octanol–water partition coefficient (Wildman–Crippen LogP) is 3.26. The number of hydrogen-bond donors (Lipinski definition) is 1. The third-order valence-electron chi connectivity index (χ3n) is 3.01. The topological polar surface area (TPSA) is 39.7 Å². The van der Waals surface area contributed by atoms with Gasteiger partial charge in [0.2, 0.25) is 6.79 Å². The first-order chi connectivity index (χ1) is 9.39. The van der Waals surface area contributed by atoms with E-state index in [1.54, 1.807) is 6.08 Å². The van der Waals surface area contributed by atoms with Gasteiger partial charge in [-0.1, -0.05) is 12.7 Å². The first-order valence-corrected chi connectivity index (χ1v) is 6.86. The van der Waals surface area contributed by atoms with E-state index in [0.29, 0.717) is 6.54 Å². The van der Waals surface area contributed by atoms with Crippen LogP contribution in [-0.2, 0) is 6.54 Å². The van der Waals surface area contributed by atoms with Crippen molar-refractivity contribution in [2.45, 2.75) is 45.9 Å². The van der Waals surface area contributed by atoms with Crippen molar-refractivity contribution < 1.29 is 14.2 Å². The van der Waals surface area contributed by atoms with E-state index in [-0.39, 0.29) is 18.4 Å². The molecule has 0 saturated heterocycles. The maximum Gasteiger partial charge on any atom is 0.231 e. The monoisotopic (exact) mass is 277 g/mol. The lowest BCUT2D eigenvalue weighted by molar-refractivity contribution is 0.173. The van der Waals surface area contributed by atoms with Gasteiger partial charge in [0.25, 0.3) is 0 Å². The molecule has 1 aromatic carbocycles. The number of rotatable bonds is 5. The fraction of sp³-hybridized carbons (Fsp3) is 0.500. The van der Waals surface area contributed by atoms with E-state index >= 15 is 0 Å². The lowest BCUT2D eigenvalue weighted by Gasteiger charge is -2.22. The minimum Gasteiger partial charge on any atom is -0.486 e. The van der Waals surface area contributed by atoms with Crippen LogP contribution in [0.1, 0.15) is 33.3 Å². The Hall–Kier alpha value is -1.68. The maximum atomic E-state index is 5.89. The molecule has 1 N–H and O–H groups in total. The Balaban J connectivity index is 2.24. The molecule has 0 aromatic heterocycles. The van der Waals surface area contributed by atoms with Crippen LogP contribution in [0.25, 0.3) is 0 Å². The number of benzene rings is 1. The summed E-state index contributed by atoms with van der Waals surface area (Å²) in [5, 5.41) is 3.46. The second-order valence-electron chi connectivity index (χ2n) is 5.98. The van der Waals surface area contributed by atoms with Crippen LogP contribution in [0.5, 0.6) is 17.2 Å². The van der Waals surface area contributed by atoms with Crippen molar-refractivity contribution in [1.82, 2.24) is 5.32 Å². The average molecular weight is 277 g/mol. The van der Waals surface area contributed by atoms with Crippen molar-refractivity contribution >= 4 is 0 Å². The second kappa shape index (κ2) is 5.75. The van der Waals surface area contributed by atoms with Crippen LogP contribution in [-0.4, -0.2) is 18.4 Å². The quantitative estimate of drug-likeness (QED) is 0.839. The van der Waals surface area contributed by atoms with Gasteiger partial charge < -0.3 is 19.5 Å². The van der Waals surface area contributed by atoms with Crippen LogP contribution in [0, 0.1) is 0 Å². The number of fused-ring (bicyclic) bond motifs is 1.